The molecule has 0 aliphatic heterocycles. The first-order valence-electron chi connectivity index (χ1n) is 8.32. The largest absolute Gasteiger partial charge is 0.352 e. The number of hydrogen-bond acceptors (Lipinski definition) is 6. The van der Waals surface area contributed by atoms with Crippen molar-refractivity contribution in [2.75, 3.05) is 6.54 Å². The lowest BCUT2D eigenvalue weighted by Gasteiger charge is -2.10. The summed E-state index contributed by atoms with van der Waals surface area (Å²) in [5, 5.41) is 22.4. The maximum Gasteiger partial charge on any atom is 0.253 e. The van der Waals surface area contributed by atoms with Crippen LogP contribution in [-0.4, -0.2) is 47.3 Å². The Bertz CT molecular complexity index is 1080. The second kappa shape index (κ2) is 7.62. The summed E-state index contributed by atoms with van der Waals surface area (Å²) in [6.07, 6.45) is 4.85. The van der Waals surface area contributed by atoms with Gasteiger partial charge in [0.15, 0.2) is 5.65 Å². The lowest BCUT2D eigenvalue weighted by Crippen LogP contribution is -2.26. The number of carbonyl (C=O) groups is 1. The summed E-state index contributed by atoms with van der Waals surface area (Å²) in [6.45, 7) is 0.516. The second-order valence-electron chi connectivity index (χ2n) is 5.82. The number of carbonyl (C=O) groups excluding carboxylic acids is 1. The SMILES string of the molecule is O=C(NCCCc1nnc2ccccn12)c1cc(Br)ccc1-n1cnnn1. The minimum atomic E-state index is -0.187. The van der Waals surface area contributed by atoms with Gasteiger partial charge < -0.3 is 5.32 Å². The first kappa shape index (κ1) is 17.3. The number of tetrazole rings is 1. The number of aromatic nitrogens is 7. The van der Waals surface area contributed by atoms with Crippen LogP contribution in [0.5, 0.6) is 0 Å². The monoisotopic (exact) mass is 426 g/mol. The number of amides is 1. The minimum Gasteiger partial charge on any atom is -0.352 e. The maximum atomic E-state index is 12.6. The standard InChI is InChI=1S/C17H15BrN8O/c18-12-6-7-14(26-11-20-23-24-26)13(10-12)17(27)19-8-3-5-16-22-21-15-4-1-2-9-25(15)16/h1-2,4,6-7,9-11H,3,5,8H2,(H,19,27). The molecular formula is C17H15BrN8O. The van der Waals surface area contributed by atoms with Gasteiger partial charge in [0.05, 0.1) is 11.3 Å². The van der Waals surface area contributed by atoms with Crippen LogP contribution >= 0.6 is 15.9 Å². The van der Waals surface area contributed by atoms with Crippen LogP contribution in [0.1, 0.15) is 22.6 Å². The Hall–Kier alpha value is -3.14. The van der Waals surface area contributed by atoms with Crippen molar-refractivity contribution in [2.45, 2.75) is 12.8 Å². The van der Waals surface area contributed by atoms with Gasteiger partial charge in [0.25, 0.3) is 5.91 Å². The highest BCUT2D eigenvalue weighted by atomic mass is 79.9. The minimum absolute atomic E-state index is 0.187. The zero-order chi connectivity index (χ0) is 18.6. The second-order valence-corrected chi connectivity index (χ2v) is 6.74. The number of rotatable bonds is 6. The topological polar surface area (TPSA) is 103 Å². The summed E-state index contributed by atoms with van der Waals surface area (Å²) in [4.78, 5) is 12.6. The van der Waals surface area contributed by atoms with Crippen LogP contribution in [0.4, 0.5) is 0 Å². The first-order valence-corrected chi connectivity index (χ1v) is 9.11. The molecule has 1 amide bonds. The van der Waals surface area contributed by atoms with Crippen LogP contribution in [0.15, 0.2) is 53.4 Å². The van der Waals surface area contributed by atoms with E-state index in [0.717, 1.165) is 22.4 Å². The predicted molar refractivity (Wildman–Crippen MR) is 100 cm³/mol. The Morgan fingerprint density at radius 2 is 2.11 bits per heavy atom. The molecule has 0 aliphatic rings. The zero-order valence-corrected chi connectivity index (χ0v) is 15.7. The van der Waals surface area contributed by atoms with Crippen LogP contribution in [-0.2, 0) is 6.42 Å². The van der Waals surface area contributed by atoms with Crippen LogP contribution < -0.4 is 5.32 Å². The first-order chi connectivity index (χ1) is 13.2. The fourth-order valence-corrected chi connectivity index (χ4v) is 3.13. The van der Waals surface area contributed by atoms with E-state index < -0.39 is 0 Å². The molecule has 27 heavy (non-hydrogen) atoms. The molecule has 10 heteroatoms. The number of aryl methyl sites for hydroxylation is 1. The van der Waals surface area contributed by atoms with Gasteiger partial charge in [-0.05, 0) is 47.2 Å². The molecule has 0 spiro atoms. The van der Waals surface area contributed by atoms with Gasteiger partial charge in [0.1, 0.15) is 12.2 Å². The lowest BCUT2D eigenvalue weighted by molar-refractivity contribution is 0.0953. The third-order valence-electron chi connectivity index (χ3n) is 4.05. The van der Waals surface area contributed by atoms with Gasteiger partial charge in [-0.25, -0.2) is 0 Å². The molecule has 0 bridgehead atoms. The van der Waals surface area contributed by atoms with E-state index in [1.807, 2.05) is 34.9 Å². The molecule has 1 aromatic carbocycles. The van der Waals surface area contributed by atoms with Crippen molar-refractivity contribution in [3.8, 4) is 5.69 Å². The van der Waals surface area contributed by atoms with E-state index >= 15 is 0 Å². The average Bonchev–Trinajstić information content (AvgIpc) is 3.35. The van der Waals surface area contributed by atoms with Crippen LogP contribution in [0, 0.1) is 0 Å². The number of benzene rings is 1. The smallest absolute Gasteiger partial charge is 0.253 e. The Morgan fingerprint density at radius 3 is 2.96 bits per heavy atom. The molecule has 0 unspecified atom stereocenters. The van der Waals surface area contributed by atoms with E-state index in [4.69, 9.17) is 0 Å². The summed E-state index contributed by atoms with van der Waals surface area (Å²) >= 11 is 3.40. The Morgan fingerprint density at radius 1 is 1.19 bits per heavy atom. The zero-order valence-electron chi connectivity index (χ0n) is 14.2. The van der Waals surface area contributed by atoms with Crippen molar-refractivity contribution in [2.24, 2.45) is 0 Å². The summed E-state index contributed by atoms with van der Waals surface area (Å²) in [5.41, 5.74) is 1.92. The van der Waals surface area contributed by atoms with Gasteiger partial charge >= 0.3 is 0 Å². The summed E-state index contributed by atoms with van der Waals surface area (Å²) < 4.78 is 4.22. The summed E-state index contributed by atoms with van der Waals surface area (Å²) in [7, 11) is 0. The molecule has 9 nitrogen and oxygen atoms in total. The average molecular weight is 427 g/mol. The molecule has 4 aromatic rings. The quantitative estimate of drug-likeness (QED) is 0.471. The Kier molecular flexibility index (Phi) is 4.88. The highest BCUT2D eigenvalue weighted by Gasteiger charge is 2.14. The normalized spacial score (nSPS) is 11.0. The van der Waals surface area contributed by atoms with Gasteiger partial charge in [0, 0.05) is 23.6 Å². The number of hydrogen-bond donors (Lipinski definition) is 1. The molecule has 136 valence electrons. The van der Waals surface area contributed by atoms with Gasteiger partial charge in [-0.1, -0.05) is 22.0 Å². The van der Waals surface area contributed by atoms with E-state index in [0.29, 0.717) is 24.2 Å². The van der Waals surface area contributed by atoms with E-state index in [2.05, 4.69) is 47.0 Å². The van der Waals surface area contributed by atoms with Crippen molar-refractivity contribution in [1.82, 2.24) is 40.1 Å². The molecule has 3 heterocycles. The molecule has 1 N–H and O–H groups in total. The number of pyridine rings is 1. The number of nitrogens with zero attached hydrogens (tertiary/aromatic N) is 7. The van der Waals surface area contributed by atoms with Gasteiger partial charge in [-0.3, -0.25) is 9.20 Å². The van der Waals surface area contributed by atoms with Gasteiger partial charge in [-0.15, -0.1) is 15.3 Å². The van der Waals surface area contributed by atoms with Crippen LogP contribution in [0.2, 0.25) is 0 Å². The molecule has 0 radical (unpaired) electrons. The predicted octanol–water partition coefficient (Wildman–Crippen LogP) is 1.83. The highest BCUT2D eigenvalue weighted by molar-refractivity contribution is 9.10. The van der Waals surface area contributed by atoms with Crippen molar-refractivity contribution >= 4 is 27.5 Å². The van der Waals surface area contributed by atoms with Crippen molar-refractivity contribution in [3.05, 3.63) is 64.8 Å². The van der Waals surface area contributed by atoms with E-state index in [-0.39, 0.29) is 5.91 Å². The molecule has 0 aliphatic carbocycles. The lowest BCUT2D eigenvalue weighted by atomic mass is 10.1. The van der Waals surface area contributed by atoms with Gasteiger partial charge in [-0.2, -0.15) is 4.68 Å². The summed E-state index contributed by atoms with van der Waals surface area (Å²) in [6, 6.07) is 11.1. The van der Waals surface area contributed by atoms with E-state index in [9.17, 15) is 4.79 Å². The number of halogens is 1. The van der Waals surface area contributed by atoms with Crippen molar-refractivity contribution in [3.63, 3.8) is 0 Å². The fourth-order valence-electron chi connectivity index (χ4n) is 2.77. The fraction of sp³-hybridized carbons (Fsp3) is 0.176. The van der Waals surface area contributed by atoms with Crippen molar-refractivity contribution < 1.29 is 4.79 Å². The molecule has 0 fully saturated rings. The third-order valence-corrected chi connectivity index (χ3v) is 4.54. The highest BCUT2D eigenvalue weighted by Crippen LogP contribution is 2.19. The van der Waals surface area contributed by atoms with Crippen LogP contribution in [0.3, 0.4) is 0 Å². The van der Waals surface area contributed by atoms with Gasteiger partial charge in [0.2, 0.25) is 0 Å². The van der Waals surface area contributed by atoms with E-state index in [1.54, 1.807) is 12.1 Å². The molecule has 3 aromatic heterocycles. The van der Waals surface area contributed by atoms with E-state index in [1.165, 1.54) is 11.0 Å². The van der Waals surface area contributed by atoms with Crippen LogP contribution in [0.25, 0.3) is 11.3 Å². The number of nitrogens with one attached hydrogen (secondary N) is 1. The number of fused-ring (bicyclic) bond motifs is 1. The molecule has 0 atom stereocenters. The molecule has 0 saturated carbocycles. The van der Waals surface area contributed by atoms with Crippen molar-refractivity contribution in [1.29, 1.82) is 0 Å². The molecular weight excluding hydrogens is 412 g/mol. The molecule has 0 saturated heterocycles. The summed E-state index contributed by atoms with van der Waals surface area (Å²) in [5.74, 6) is 0.685. The maximum absolute atomic E-state index is 12.6. The third kappa shape index (κ3) is 3.70. The molecule has 4 rings (SSSR count). The Balaban J connectivity index is 1.41. The Labute approximate surface area is 162 Å².